The Morgan fingerprint density at radius 3 is 2.40 bits per heavy atom. The minimum atomic E-state index is -0.545. The summed E-state index contributed by atoms with van der Waals surface area (Å²) in [5.41, 5.74) is 0. The van der Waals surface area contributed by atoms with Gasteiger partial charge in [-0.3, -0.25) is 9.59 Å². The molecule has 4 nitrogen and oxygen atoms in total. The van der Waals surface area contributed by atoms with Gasteiger partial charge in [0.2, 0.25) is 5.78 Å². The molecule has 0 N–H and O–H groups in total. The lowest BCUT2D eigenvalue weighted by molar-refractivity contribution is -0.179. The van der Waals surface area contributed by atoms with Gasteiger partial charge in [-0.2, -0.15) is 0 Å². The van der Waals surface area contributed by atoms with Crippen molar-refractivity contribution in [3.8, 4) is 0 Å². The van der Waals surface area contributed by atoms with E-state index in [0.717, 1.165) is 6.42 Å². The Morgan fingerprint density at radius 1 is 1.27 bits per heavy atom. The third-order valence-corrected chi connectivity index (χ3v) is 2.52. The highest BCUT2D eigenvalue weighted by Gasteiger charge is 2.36. The predicted molar refractivity (Wildman–Crippen MR) is 54.4 cm³/mol. The quantitative estimate of drug-likeness (QED) is 0.511. The number of rotatable bonds is 5. The molecule has 0 heterocycles. The third-order valence-electron chi connectivity index (χ3n) is 2.52. The van der Waals surface area contributed by atoms with Crippen molar-refractivity contribution < 1.29 is 19.1 Å². The van der Waals surface area contributed by atoms with Crippen molar-refractivity contribution in [3.63, 3.8) is 0 Å². The second-order valence-corrected chi connectivity index (χ2v) is 3.57. The molecule has 1 aliphatic carbocycles. The van der Waals surface area contributed by atoms with Crippen LogP contribution >= 0.6 is 0 Å². The van der Waals surface area contributed by atoms with E-state index in [9.17, 15) is 9.59 Å². The molecule has 0 aliphatic heterocycles. The fourth-order valence-electron chi connectivity index (χ4n) is 1.81. The van der Waals surface area contributed by atoms with Gasteiger partial charge in [0.1, 0.15) is 0 Å². The van der Waals surface area contributed by atoms with Gasteiger partial charge < -0.3 is 9.47 Å². The number of hydrogen-bond donors (Lipinski definition) is 0. The summed E-state index contributed by atoms with van der Waals surface area (Å²) in [7, 11) is 0. The van der Waals surface area contributed by atoms with Crippen LogP contribution in [0.5, 0.6) is 0 Å². The Hall–Kier alpha value is -0.740. The largest absolute Gasteiger partial charge is 0.352 e. The van der Waals surface area contributed by atoms with Crippen LogP contribution in [0.25, 0.3) is 0 Å². The summed E-state index contributed by atoms with van der Waals surface area (Å²) < 4.78 is 10.7. The van der Waals surface area contributed by atoms with Gasteiger partial charge in [0.05, 0.1) is 5.92 Å². The Morgan fingerprint density at radius 2 is 1.87 bits per heavy atom. The molecule has 86 valence electrons. The molecule has 0 spiro atoms. The van der Waals surface area contributed by atoms with E-state index in [-0.39, 0.29) is 11.6 Å². The molecule has 1 atom stereocenters. The SMILES string of the molecule is CCOC(OCC)C1CCCC(=O)C1=O. The monoisotopic (exact) mass is 214 g/mol. The van der Waals surface area contributed by atoms with Crippen molar-refractivity contribution in [1.82, 2.24) is 0 Å². The first-order valence-electron chi connectivity index (χ1n) is 5.51. The van der Waals surface area contributed by atoms with Gasteiger partial charge in [-0.25, -0.2) is 0 Å². The van der Waals surface area contributed by atoms with Gasteiger partial charge in [-0.1, -0.05) is 0 Å². The lowest BCUT2D eigenvalue weighted by Gasteiger charge is -2.27. The van der Waals surface area contributed by atoms with E-state index in [4.69, 9.17) is 9.47 Å². The van der Waals surface area contributed by atoms with E-state index in [0.29, 0.717) is 26.1 Å². The number of ketones is 2. The topological polar surface area (TPSA) is 52.6 Å². The van der Waals surface area contributed by atoms with Crippen LogP contribution in [-0.4, -0.2) is 31.1 Å². The van der Waals surface area contributed by atoms with Gasteiger partial charge >= 0.3 is 0 Å². The average Bonchev–Trinajstić information content (AvgIpc) is 2.22. The third kappa shape index (κ3) is 3.11. The first-order chi connectivity index (χ1) is 7.20. The predicted octanol–water partition coefficient (Wildman–Crippen LogP) is 1.32. The molecule has 1 fully saturated rings. The Bertz CT molecular complexity index is 231. The molecule has 0 amide bonds. The standard InChI is InChI=1S/C11H18O4/c1-3-14-11(15-4-2)8-6-5-7-9(12)10(8)13/h8,11H,3-7H2,1-2H3. The molecule has 1 rings (SSSR count). The van der Waals surface area contributed by atoms with Crippen LogP contribution in [0, 0.1) is 5.92 Å². The second kappa shape index (κ2) is 5.98. The molecule has 0 saturated heterocycles. The molecule has 0 radical (unpaired) electrons. The summed E-state index contributed by atoms with van der Waals surface area (Å²) in [6, 6.07) is 0. The smallest absolute Gasteiger partial charge is 0.206 e. The molecule has 0 aromatic rings. The number of Topliss-reactive ketones (excluding diaryl/α,β-unsaturated/α-hetero) is 2. The van der Waals surface area contributed by atoms with E-state index < -0.39 is 12.2 Å². The molecule has 1 aliphatic rings. The van der Waals surface area contributed by atoms with Gasteiger partial charge in [0.25, 0.3) is 0 Å². The minimum absolute atomic E-state index is 0.282. The van der Waals surface area contributed by atoms with Gasteiger partial charge in [0.15, 0.2) is 12.1 Å². The van der Waals surface area contributed by atoms with E-state index in [2.05, 4.69) is 0 Å². The lowest BCUT2D eigenvalue weighted by Crippen LogP contribution is -2.39. The highest BCUT2D eigenvalue weighted by Crippen LogP contribution is 2.24. The van der Waals surface area contributed by atoms with Crippen LogP contribution in [-0.2, 0) is 19.1 Å². The van der Waals surface area contributed by atoms with Crippen LogP contribution in [0.2, 0.25) is 0 Å². The van der Waals surface area contributed by atoms with Crippen LogP contribution in [0.3, 0.4) is 0 Å². The van der Waals surface area contributed by atoms with Crippen LogP contribution in [0.15, 0.2) is 0 Å². The average molecular weight is 214 g/mol. The van der Waals surface area contributed by atoms with E-state index >= 15 is 0 Å². The van der Waals surface area contributed by atoms with Crippen LogP contribution < -0.4 is 0 Å². The van der Waals surface area contributed by atoms with Crippen molar-refractivity contribution in [1.29, 1.82) is 0 Å². The first kappa shape index (κ1) is 12.3. The normalized spacial score (nSPS) is 22.5. The summed E-state index contributed by atoms with van der Waals surface area (Å²) >= 11 is 0. The molecular formula is C11H18O4. The first-order valence-corrected chi connectivity index (χ1v) is 5.51. The summed E-state index contributed by atoms with van der Waals surface area (Å²) in [5.74, 6) is -1.00. The number of hydrogen-bond acceptors (Lipinski definition) is 4. The number of ether oxygens (including phenoxy) is 2. The molecule has 1 saturated carbocycles. The number of carbonyl (C=O) groups is 2. The fraction of sp³-hybridized carbons (Fsp3) is 0.818. The molecule has 0 aromatic heterocycles. The maximum atomic E-state index is 11.6. The van der Waals surface area contributed by atoms with Crippen molar-refractivity contribution in [2.24, 2.45) is 5.92 Å². The van der Waals surface area contributed by atoms with Crippen molar-refractivity contribution in [3.05, 3.63) is 0 Å². The molecule has 4 heteroatoms. The lowest BCUT2D eigenvalue weighted by atomic mass is 9.86. The molecule has 0 aromatic carbocycles. The molecular weight excluding hydrogens is 196 g/mol. The zero-order chi connectivity index (χ0) is 11.3. The maximum Gasteiger partial charge on any atom is 0.206 e. The highest BCUT2D eigenvalue weighted by molar-refractivity contribution is 6.38. The Kier molecular flexibility index (Phi) is 4.91. The van der Waals surface area contributed by atoms with Gasteiger partial charge in [-0.15, -0.1) is 0 Å². The zero-order valence-electron chi connectivity index (χ0n) is 9.32. The van der Waals surface area contributed by atoms with Crippen molar-refractivity contribution in [2.75, 3.05) is 13.2 Å². The summed E-state index contributed by atoms with van der Waals surface area (Å²) in [5, 5.41) is 0. The zero-order valence-corrected chi connectivity index (χ0v) is 9.32. The van der Waals surface area contributed by atoms with E-state index in [1.807, 2.05) is 13.8 Å². The minimum Gasteiger partial charge on any atom is -0.352 e. The van der Waals surface area contributed by atoms with Crippen LogP contribution in [0.4, 0.5) is 0 Å². The van der Waals surface area contributed by atoms with Crippen molar-refractivity contribution in [2.45, 2.75) is 39.4 Å². The van der Waals surface area contributed by atoms with Gasteiger partial charge in [-0.05, 0) is 26.7 Å². The Balaban J connectivity index is 2.64. The highest BCUT2D eigenvalue weighted by atomic mass is 16.7. The molecule has 15 heavy (non-hydrogen) atoms. The second-order valence-electron chi connectivity index (χ2n) is 3.57. The van der Waals surface area contributed by atoms with Crippen molar-refractivity contribution >= 4 is 11.6 Å². The maximum absolute atomic E-state index is 11.6. The fourth-order valence-corrected chi connectivity index (χ4v) is 1.81. The molecule has 1 unspecified atom stereocenters. The molecule has 0 bridgehead atoms. The van der Waals surface area contributed by atoms with E-state index in [1.54, 1.807) is 0 Å². The van der Waals surface area contributed by atoms with Crippen LogP contribution in [0.1, 0.15) is 33.1 Å². The van der Waals surface area contributed by atoms with E-state index in [1.165, 1.54) is 0 Å². The number of carbonyl (C=O) groups excluding carboxylic acids is 2. The van der Waals surface area contributed by atoms with Gasteiger partial charge in [0, 0.05) is 19.6 Å². The summed E-state index contributed by atoms with van der Waals surface area (Å²) in [6.07, 6.45) is 1.28. The summed E-state index contributed by atoms with van der Waals surface area (Å²) in [4.78, 5) is 22.9. The summed E-state index contributed by atoms with van der Waals surface area (Å²) in [6.45, 7) is 4.67. The Labute approximate surface area is 89.9 Å².